The lowest BCUT2D eigenvalue weighted by atomic mass is 10.0. The maximum Gasteiger partial charge on any atom is 0.268 e. The van der Waals surface area contributed by atoms with Crippen LogP contribution in [0.3, 0.4) is 0 Å². The molecule has 3 rings (SSSR count). The average molecular weight is 292 g/mol. The van der Waals surface area contributed by atoms with E-state index in [4.69, 9.17) is 16.0 Å². The van der Waals surface area contributed by atoms with Crippen LogP contribution < -0.4 is 10.6 Å². The number of rotatable bonds is 2. The maximum absolute atomic E-state index is 10.2. The minimum Gasteiger partial charge on any atom is -0.387 e. The molecule has 4 atom stereocenters. The van der Waals surface area contributed by atoms with Gasteiger partial charge in [-0.2, -0.15) is 5.10 Å². The summed E-state index contributed by atoms with van der Waals surface area (Å²) in [7, 11) is 0. The quantitative estimate of drug-likeness (QED) is 0.426. The van der Waals surface area contributed by atoms with Crippen molar-refractivity contribution in [2.45, 2.75) is 31.0 Å². The van der Waals surface area contributed by atoms with E-state index in [-0.39, 0.29) is 5.82 Å². The van der Waals surface area contributed by atoms with Gasteiger partial charge in [0.15, 0.2) is 10.9 Å². The smallest absolute Gasteiger partial charge is 0.268 e. The highest BCUT2D eigenvalue weighted by Gasteiger charge is 2.56. The zero-order chi connectivity index (χ0) is 15.2. The number of aliphatic hydroxyl groups excluding tert-OH is 2. The number of nitrogen functional groups attached to an aromatic ring is 1. The van der Waals surface area contributed by atoms with Crippen LogP contribution in [0.4, 0.5) is 5.82 Å². The van der Waals surface area contributed by atoms with Crippen molar-refractivity contribution in [3.63, 3.8) is 0 Å². The first kappa shape index (κ1) is 13.6. The monoisotopic (exact) mass is 292 g/mol. The number of nitrogens with one attached hydrogen (secondary N) is 1. The van der Waals surface area contributed by atoms with Gasteiger partial charge in [-0.05, 0) is 19.1 Å². The van der Waals surface area contributed by atoms with Crippen LogP contribution in [-0.2, 0) is 4.74 Å². The molecule has 0 bridgehead atoms. The Morgan fingerprint density at radius 1 is 1.52 bits per heavy atom. The van der Waals surface area contributed by atoms with Crippen molar-refractivity contribution >= 4 is 11.3 Å². The first-order valence-corrected chi connectivity index (χ1v) is 6.18. The zero-order valence-electron chi connectivity index (χ0n) is 11.1. The number of hydrogen-bond acceptors (Lipinski definition) is 8. The highest BCUT2D eigenvalue weighted by Crippen LogP contribution is 2.40. The van der Waals surface area contributed by atoms with Crippen molar-refractivity contribution in [3.05, 3.63) is 24.2 Å². The Morgan fingerprint density at radius 3 is 3.00 bits per heavy atom. The van der Waals surface area contributed by atoms with E-state index in [1.54, 1.807) is 12.1 Å². The molecule has 10 heteroatoms. The number of fused-ring (bicyclic) bond motifs is 1. The van der Waals surface area contributed by atoms with Gasteiger partial charge in [0.1, 0.15) is 35.7 Å². The summed E-state index contributed by atoms with van der Waals surface area (Å²) in [6.07, 6.45) is -2.16. The predicted molar refractivity (Wildman–Crippen MR) is 68.9 cm³/mol. The van der Waals surface area contributed by atoms with Crippen LogP contribution >= 0.6 is 0 Å². The molecule has 21 heavy (non-hydrogen) atoms. The molecule has 1 saturated heterocycles. The molecule has 3 heterocycles. The number of hydrogen-bond donors (Lipinski definition) is 4. The summed E-state index contributed by atoms with van der Waals surface area (Å²) in [6.45, 7) is 1.44. The second-order valence-electron chi connectivity index (χ2n) is 4.93. The molecule has 0 aliphatic carbocycles. The molecule has 5 N–H and O–H groups in total. The minimum atomic E-state index is -1.49. The van der Waals surface area contributed by atoms with Gasteiger partial charge >= 0.3 is 0 Å². The standard InChI is InChI=1S/C11H14N7O3/c1-11(16-17-13)9(20)7(19)8(21-11)5-2-3-6-10(12)14-4-15-18(5)6/h2-4,7-9,13,19-20H,1H3,(H2,12,14,15)/q+1/t7-,8-,9-,11+/m0/s1. The lowest BCUT2D eigenvalue weighted by molar-refractivity contribution is -0.0713. The van der Waals surface area contributed by atoms with Gasteiger partial charge < -0.3 is 20.7 Å². The van der Waals surface area contributed by atoms with Crippen LogP contribution in [0.25, 0.3) is 5.52 Å². The Labute approximate surface area is 118 Å². The fraction of sp³-hybridized carbons (Fsp3) is 0.455. The minimum absolute atomic E-state index is 0.290. The van der Waals surface area contributed by atoms with Crippen LogP contribution in [0.2, 0.25) is 0 Å². The third-order valence-electron chi connectivity index (χ3n) is 3.60. The molecule has 0 aromatic carbocycles. The molecule has 0 radical (unpaired) electrons. The first-order chi connectivity index (χ1) is 9.98. The van der Waals surface area contributed by atoms with Gasteiger partial charge in [-0.15, -0.1) is 0 Å². The number of aromatic nitrogens is 3. The third-order valence-corrected chi connectivity index (χ3v) is 3.60. The number of anilines is 1. The van der Waals surface area contributed by atoms with Crippen molar-refractivity contribution in [3.8, 4) is 0 Å². The molecule has 1 aliphatic heterocycles. The molecular formula is C11H14N7O3+. The normalized spacial score (nSPS) is 32.2. The Hall–Kier alpha value is -2.39. The van der Waals surface area contributed by atoms with E-state index in [0.29, 0.717) is 11.2 Å². The SMILES string of the molecule is C[C@@]1(N=[N+]=N)O[C@@H](c2ccc3c(N)ncnn23)[C@H](O)[C@@H]1O. The van der Waals surface area contributed by atoms with Gasteiger partial charge in [-0.25, -0.2) is 9.50 Å². The lowest BCUT2D eigenvalue weighted by Crippen LogP contribution is -2.38. The van der Waals surface area contributed by atoms with E-state index in [0.717, 1.165) is 0 Å². The molecule has 2 aromatic heterocycles. The topological polar surface area (TPSA) is 156 Å². The van der Waals surface area contributed by atoms with Gasteiger partial charge in [0.25, 0.3) is 5.72 Å². The highest BCUT2D eigenvalue weighted by molar-refractivity contribution is 5.65. The molecular weight excluding hydrogens is 278 g/mol. The summed E-state index contributed by atoms with van der Waals surface area (Å²) in [6, 6.07) is 3.36. The van der Waals surface area contributed by atoms with E-state index in [2.05, 4.69) is 20.1 Å². The fourth-order valence-electron chi connectivity index (χ4n) is 2.48. The van der Waals surface area contributed by atoms with Crippen molar-refractivity contribution < 1.29 is 14.9 Å². The predicted octanol–water partition coefficient (Wildman–Crippen LogP) is -0.629. The summed E-state index contributed by atoms with van der Waals surface area (Å²) in [5.41, 5.74) is 12.1. The highest BCUT2D eigenvalue weighted by atomic mass is 16.6. The van der Waals surface area contributed by atoms with Crippen LogP contribution in [0.5, 0.6) is 0 Å². The number of nitrogens with zero attached hydrogens (tertiary/aromatic N) is 5. The Bertz CT molecular complexity index is 740. The molecule has 110 valence electrons. The van der Waals surface area contributed by atoms with Crippen LogP contribution in [0.1, 0.15) is 18.7 Å². The fourth-order valence-corrected chi connectivity index (χ4v) is 2.48. The lowest BCUT2D eigenvalue weighted by Gasteiger charge is -2.14. The number of ether oxygens (including phenoxy) is 1. The zero-order valence-corrected chi connectivity index (χ0v) is 11.1. The third kappa shape index (κ3) is 1.89. The molecule has 2 aromatic rings. The van der Waals surface area contributed by atoms with E-state index in [9.17, 15) is 10.2 Å². The largest absolute Gasteiger partial charge is 0.387 e. The molecule has 1 aliphatic rings. The van der Waals surface area contributed by atoms with Crippen LogP contribution in [0, 0.1) is 5.53 Å². The maximum atomic E-state index is 10.2. The Morgan fingerprint density at radius 2 is 2.29 bits per heavy atom. The number of aliphatic hydroxyl groups is 2. The van der Waals surface area contributed by atoms with Gasteiger partial charge in [-0.1, -0.05) is 0 Å². The summed E-state index contributed by atoms with van der Waals surface area (Å²) in [4.78, 5) is 6.77. The first-order valence-electron chi connectivity index (χ1n) is 6.18. The Kier molecular flexibility index (Phi) is 2.96. The second kappa shape index (κ2) is 4.57. The summed E-state index contributed by atoms with van der Waals surface area (Å²) >= 11 is 0. The number of nitrogens with two attached hydrogens (primary N) is 1. The van der Waals surface area contributed by atoms with E-state index in [1.807, 2.05) is 0 Å². The van der Waals surface area contributed by atoms with E-state index >= 15 is 0 Å². The van der Waals surface area contributed by atoms with Crippen molar-refractivity contribution in [1.82, 2.24) is 19.5 Å². The van der Waals surface area contributed by atoms with Crippen LogP contribution in [0.15, 0.2) is 23.6 Å². The van der Waals surface area contributed by atoms with Crippen molar-refractivity contribution in [1.29, 1.82) is 5.53 Å². The second-order valence-corrected chi connectivity index (χ2v) is 4.93. The average Bonchev–Trinajstić information content (AvgIpc) is 2.96. The molecule has 0 saturated carbocycles. The van der Waals surface area contributed by atoms with Crippen molar-refractivity contribution in [2.75, 3.05) is 5.73 Å². The van der Waals surface area contributed by atoms with Gasteiger partial charge in [0.05, 0.1) is 5.69 Å². The van der Waals surface area contributed by atoms with E-state index in [1.165, 1.54) is 17.8 Å². The van der Waals surface area contributed by atoms with Gasteiger partial charge in [0.2, 0.25) is 4.91 Å². The summed E-state index contributed by atoms with van der Waals surface area (Å²) < 4.78 is 7.08. The van der Waals surface area contributed by atoms with Gasteiger partial charge in [-0.3, -0.25) is 0 Å². The van der Waals surface area contributed by atoms with Crippen molar-refractivity contribution in [2.24, 2.45) is 5.11 Å². The summed E-state index contributed by atoms with van der Waals surface area (Å²) in [5.74, 6) is 0.290. The molecule has 0 amide bonds. The van der Waals surface area contributed by atoms with E-state index < -0.39 is 24.0 Å². The Balaban J connectivity index is 2.08. The van der Waals surface area contributed by atoms with Crippen LogP contribution in [-0.4, -0.2) is 42.7 Å². The molecule has 0 unspecified atom stereocenters. The molecule has 1 fully saturated rings. The molecule has 10 nitrogen and oxygen atoms in total. The summed E-state index contributed by atoms with van der Waals surface area (Å²) in [5, 5.41) is 27.9. The van der Waals surface area contributed by atoms with Gasteiger partial charge in [0, 0.05) is 0 Å². The molecule has 0 spiro atoms.